The van der Waals surface area contributed by atoms with E-state index in [-0.39, 0.29) is 17.6 Å². The molecule has 4 heteroatoms. The molecule has 0 aromatic heterocycles. The maximum Gasteiger partial charge on any atom is 0.147 e. The van der Waals surface area contributed by atoms with Gasteiger partial charge in [0.15, 0.2) is 0 Å². The lowest BCUT2D eigenvalue weighted by atomic mass is 10.1. The number of nitrogens with two attached hydrogens (primary N) is 1. The minimum absolute atomic E-state index is 0.0403. The molecule has 0 radical (unpaired) electrons. The number of carbonyl (C=O) groups is 1. The van der Waals surface area contributed by atoms with E-state index in [1.807, 2.05) is 54.6 Å². The molecule has 1 atom stereocenters. The van der Waals surface area contributed by atoms with E-state index >= 15 is 0 Å². The topological polar surface area (TPSA) is 52.3 Å². The smallest absolute Gasteiger partial charge is 0.147 e. The van der Waals surface area contributed by atoms with E-state index in [0.29, 0.717) is 6.42 Å². The van der Waals surface area contributed by atoms with Crippen molar-refractivity contribution in [2.45, 2.75) is 16.6 Å². The fourth-order valence-corrected chi connectivity index (χ4v) is 3.35. The van der Waals surface area contributed by atoms with E-state index in [9.17, 15) is 4.79 Å². The van der Waals surface area contributed by atoms with Crippen molar-refractivity contribution in [2.24, 2.45) is 5.73 Å². The van der Waals surface area contributed by atoms with Gasteiger partial charge < -0.3 is 10.5 Å². The van der Waals surface area contributed by atoms with Crippen LogP contribution in [0.15, 0.2) is 59.5 Å². The summed E-state index contributed by atoms with van der Waals surface area (Å²) in [7, 11) is 1.65. The highest BCUT2D eigenvalue weighted by molar-refractivity contribution is 7.99. The van der Waals surface area contributed by atoms with E-state index in [0.717, 1.165) is 16.2 Å². The maximum atomic E-state index is 11.8. The number of hydrogen-bond donors (Lipinski definition) is 1. The largest absolute Gasteiger partial charge is 0.496 e. The molecule has 0 aliphatic rings. The summed E-state index contributed by atoms with van der Waals surface area (Å²) in [5.74, 6) is 0.884. The molecule has 0 saturated carbocycles. The molecule has 0 amide bonds. The van der Waals surface area contributed by atoms with Gasteiger partial charge in [-0.15, -0.1) is 11.8 Å². The Morgan fingerprint density at radius 1 is 1.14 bits per heavy atom. The van der Waals surface area contributed by atoms with Crippen LogP contribution in [0.3, 0.4) is 0 Å². The van der Waals surface area contributed by atoms with Crippen molar-refractivity contribution in [1.29, 1.82) is 0 Å². The molecular weight excluding hydrogens is 282 g/mol. The van der Waals surface area contributed by atoms with Crippen molar-refractivity contribution in [3.8, 4) is 5.75 Å². The first-order valence-electron chi connectivity index (χ1n) is 6.81. The second-order valence-electron chi connectivity index (χ2n) is 4.61. The molecule has 1 unspecified atom stereocenters. The van der Waals surface area contributed by atoms with Crippen LogP contribution < -0.4 is 10.5 Å². The lowest BCUT2D eigenvalue weighted by Gasteiger charge is -2.17. The number of hydrogen-bond acceptors (Lipinski definition) is 4. The van der Waals surface area contributed by atoms with Crippen molar-refractivity contribution in [3.05, 3.63) is 60.2 Å². The summed E-state index contributed by atoms with van der Waals surface area (Å²) in [6.45, 7) is 0.0792. The van der Waals surface area contributed by atoms with Crippen LogP contribution in [-0.4, -0.2) is 19.4 Å². The Bertz CT molecular complexity index is 586. The van der Waals surface area contributed by atoms with Crippen molar-refractivity contribution in [3.63, 3.8) is 0 Å². The first-order valence-corrected chi connectivity index (χ1v) is 7.69. The second-order valence-corrected chi connectivity index (χ2v) is 5.86. The second kappa shape index (κ2) is 7.86. The number of methoxy groups -OCH3 is 1. The van der Waals surface area contributed by atoms with E-state index in [2.05, 4.69) is 0 Å². The van der Waals surface area contributed by atoms with Crippen LogP contribution in [0.5, 0.6) is 5.75 Å². The molecule has 0 aliphatic carbocycles. The predicted octanol–water partition coefficient (Wildman–Crippen LogP) is 3.45. The Morgan fingerprint density at radius 2 is 1.81 bits per heavy atom. The first kappa shape index (κ1) is 15.6. The zero-order chi connectivity index (χ0) is 15.1. The Balaban J connectivity index is 2.25. The van der Waals surface area contributed by atoms with Crippen LogP contribution in [0, 0.1) is 0 Å². The Hall–Kier alpha value is -1.78. The zero-order valence-corrected chi connectivity index (χ0v) is 12.8. The quantitative estimate of drug-likeness (QED) is 0.796. The Kier molecular flexibility index (Phi) is 5.84. The van der Waals surface area contributed by atoms with Crippen molar-refractivity contribution in [1.82, 2.24) is 0 Å². The summed E-state index contributed by atoms with van der Waals surface area (Å²) in [6.07, 6.45) is 0.420. The molecule has 0 aliphatic heterocycles. The molecule has 2 N–H and O–H groups in total. The highest BCUT2D eigenvalue weighted by atomic mass is 32.2. The van der Waals surface area contributed by atoms with Crippen LogP contribution in [0.2, 0.25) is 0 Å². The van der Waals surface area contributed by atoms with Crippen LogP contribution in [-0.2, 0) is 4.79 Å². The predicted molar refractivity (Wildman–Crippen MR) is 86.7 cm³/mol. The maximum absolute atomic E-state index is 11.8. The van der Waals surface area contributed by atoms with Gasteiger partial charge in [0.25, 0.3) is 0 Å². The third kappa shape index (κ3) is 4.34. The molecular formula is C17H19NO2S. The molecule has 21 heavy (non-hydrogen) atoms. The van der Waals surface area contributed by atoms with Gasteiger partial charge in [-0.25, -0.2) is 0 Å². The summed E-state index contributed by atoms with van der Waals surface area (Å²) < 4.78 is 5.38. The fourth-order valence-electron chi connectivity index (χ4n) is 2.05. The molecule has 2 aromatic carbocycles. The summed E-state index contributed by atoms with van der Waals surface area (Å²) in [6, 6.07) is 17.9. The van der Waals surface area contributed by atoms with Gasteiger partial charge >= 0.3 is 0 Å². The van der Waals surface area contributed by atoms with Gasteiger partial charge in [-0.2, -0.15) is 0 Å². The van der Waals surface area contributed by atoms with Crippen molar-refractivity contribution in [2.75, 3.05) is 13.7 Å². The van der Waals surface area contributed by atoms with Crippen molar-refractivity contribution >= 4 is 17.5 Å². The van der Waals surface area contributed by atoms with E-state index in [1.54, 1.807) is 18.9 Å². The van der Waals surface area contributed by atoms with Gasteiger partial charge in [0.1, 0.15) is 11.5 Å². The van der Waals surface area contributed by atoms with E-state index in [4.69, 9.17) is 10.5 Å². The minimum Gasteiger partial charge on any atom is -0.496 e. The SMILES string of the molecule is COc1ccccc1SC(CC(=O)CN)c1ccccc1. The Morgan fingerprint density at radius 3 is 2.48 bits per heavy atom. The number of thioether (sulfide) groups is 1. The number of Topliss-reactive ketones (excluding diaryl/α,β-unsaturated/α-hetero) is 1. The van der Waals surface area contributed by atoms with Gasteiger partial charge in [0, 0.05) is 16.6 Å². The number of ketones is 1. The average molecular weight is 301 g/mol. The zero-order valence-electron chi connectivity index (χ0n) is 12.0. The van der Waals surface area contributed by atoms with E-state index < -0.39 is 0 Å². The number of benzene rings is 2. The van der Waals surface area contributed by atoms with Crippen LogP contribution in [0.4, 0.5) is 0 Å². The van der Waals surface area contributed by atoms with Gasteiger partial charge in [0.2, 0.25) is 0 Å². The summed E-state index contributed by atoms with van der Waals surface area (Å²) >= 11 is 1.64. The number of ether oxygens (including phenoxy) is 1. The minimum atomic E-state index is 0.0403. The molecule has 0 fully saturated rings. The van der Waals surface area contributed by atoms with Crippen LogP contribution in [0.1, 0.15) is 17.2 Å². The molecule has 0 heterocycles. The normalized spacial score (nSPS) is 11.9. The molecule has 2 rings (SSSR count). The third-order valence-corrected chi connectivity index (χ3v) is 4.46. The first-order chi connectivity index (χ1) is 10.2. The third-order valence-electron chi connectivity index (χ3n) is 3.15. The molecule has 2 aromatic rings. The van der Waals surface area contributed by atoms with Gasteiger partial charge in [-0.1, -0.05) is 42.5 Å². The summed E-state index contributed by atoms with van der Waals surface area (Å²) in [5.41, 5.74) is 6.58. The molecule has 0 bridgehead atoms. The van der Waals surface area contributed by atoms with Crippen molar-refractivity contribution < 1.29 is 9.53 Å². The monoisotopic (exact) mass is 301 g/mol. The van der Waals surface area contributed by atoms with Crippen LogP contribution in [0.25, 0.3) is 0 Å². The van der Waals surface area contributed by atoms with Gasteiger partial charge in [-0.3, -0.25) is 4.79 Å². The van der Waals surface area contributed by atoms with Crippen LogP contribution >= 0.6 is 11.8 Å². The lowest BCUT2D eigenvalue weighted by Crippen LogP contribution is -2.15. The Labute approximate surface area is 129 Å². The van der Waals surface area contributed by atoms with Gasteiger partial charge in [-0.05, 0) is 17.7 Å². The summed E-state index contributed by atoms with van der Waals surface area (Å²) in [5, 5.41) is 0.0403. The number of rotatable bonds is 7. The highest BCUT2D eigenvalue weighted by Gasteiger charge is 2.18. The standard InChI is InChI=1S/C17H19NO2S/c1-20-15-9-5-6-10-16(15)21-17(11-14(19)12-18)13-7-3-2-4-8-13/h2-10,17H,11-12,18H2,1H3. The highest BCUT2D eigenvalue weighted by Crippen LogP contribution is 2.41. The lowest BCUT2D eigenvalue weighted by molar-refractivity contribution is -0.117. The molecule has 0 saturated heterocycles. The average Bonchev–Trinajstić information content (AvgIpc) is 2.55. The van der Waals surface area contributed by atoms with E-state index in [1.165, 1.54) is 0 Å². The number of carbonyl (C=O) groups excluding carboxylic acids is 1. The van der Waals surface area contributed by atoms with Gasteiger partial charge in [0.05, 0.1) is 13.7 Å². The number of para-hydroxylation sites is 1. The molecule has 0 spiro atoms. The fraction of sp³-hybridized carbons (Fsp3) is 0.235. The molecule has 3 nitrogen and oxygen atoms in total. The summed E-state index contributed by atoms with van der Waals surface area (Å²) in [4.78, 5) is 12.8. The molecule has 110 valence electrons.